The minimum atomic E-state index is -0.554. The van der Waals surface area contributed by atoms with Crippen molar-refractivity contribution >= 4 is 0 Å². The van der Waals surface area contributed by atoms with Crippen LogP contribution in [0.25, 0.3) is 0 Å². The van der Waals surface area contributed by atoms with E-state index >= 15 is 0 Å². The summed E-state index contributed by atoms with van der Waals surface area (Å²) in [5.41, 5.74) is 0. The Morgan fingerprint density at radius 3 is 2.67 bits per heavy atom. The Bertz CT molecular complexity index is 97.7. The van der Waals surface area contributed by atoms with Crippen molar-refractivity contribution in [1.29, 1.82) is 5.26 Å². The van der Waals surface area contributed by atoms with Crippen LogP contribution in [0.15, 0.2) is 0 Å². The van der Waals surface area contributed by atoms with Crippen molar-refractivity contribution in [3.05, 3.63) is 0 Å². The van der Waals surface area contributed by atoms with E-state index in [4.69, 9.17) is 15.5 Å². The topological polar surface area (TPSA) is 64.2 Å². The molecule has 0 fully saturated rings. The van der Waals surface area contributed by atoms with E-state index in [1.807, 2.05) is 6.07 Å². The van der Waals surface area contributed by atoms with Crippen LogP contribution in [0.4, 0.5) is 0 Å². The summed E-state index contributed by atoms with van der Waals surface area (Å²) < 4.78 is 0. The molecule has 0 amide bonds. The number of nitrogens with zero attached hydrogens (tertiary/aromatic N) is 1. The van der Waals surface area contributed by atoms with Crippen molar-refractivity contribution in [2.75, 3.05) is 6.61 Å². The van der Waals surface area contributed by atoms with E-state index in [-0.39, 0.29) is 13.0 Å². The van der Waals surface area contributed by atoms with Crippen LogP contribution in [0.1, 0.15) is 19.3 Å². The van der Waals surface area contributed by atoms with Gasteiger partial charge in [0.25, 0.3) is 0 Å². The molecule has 52 valence electrons. The summed E-state index contributed by atoms with van der Waals surface area (Å²) in [6.07, 6.45) is 0.703. The van der Waals surface area contributed by atoms with Crippen LogP contribution in [-0.4, -0.2) is 22.9 Å². The standard InChI is InChI=1S/C6H11NO2/c7-4-3-6(9)2-1-5-8/h6,8-9H,1-3,5H2. The molecular weight excluding hydrogens is 118 g/mol. The van der Waals surface area contributed by atoms with Crippen LogP contribution < -0.4 is 0 Å². The summed E-state index contributed by atoms with van der Waals surface area (Å²) in [4.78, 5) is 0. The van der Waals surface area contributed by atoms with Gasteiger partial charge in [0.15, 0.2) is 0 Å². The molecule has 0 aliphatic rings. The van der Waals surface area contributed by atoms with Gasteiger partial charge in [-0.25, -0.2) is 0 Å². The molecule has 0 radical (unpaired) electrons. The van der Waals surface area contributed by atoms with E-state index in [1.165, 1.54) is 0 Å². The van der Waals surface area contributed by atoms with Gasteiger partial charge in [0.05, 0.1) is 18.6 Å². The summed E-state index contributed by atoms with van der Waals surface area (Å²) in [7, 11) is 0. The molecule has 2 N–H and O–H groups in total. The highest BCUT2D eigenvalue weighted by Gasteiger charge is 2.00. The largest absolute Gasteiger partial charge is 0.396 e. The molecule has 0 aliphatic carbocycles. The maximum Gasteiger partial charge on any atom is 0.0670 e. The SMILES string of the molecule is N#CCC(O)CCCO. The first-order chi connectivity index (χ1) is 4.31. The van der Waals surface area contributed by atoms with Gasteiger partial charge in [-0.2, -0.15) is 5.26 Å². The fraction of sp³-hybridized carbons (Fsp3) is 0.833. The third-order valence-electron chi connectivity index (χ3n) is 1.02. The Labute approximate surface area is 54.5 Å². The first kappa shape index (κ1) is 8.41. The maximum atomic E-state index is 8.85. The highest BCUT2D eigenvalue weighted by molar-refractivity contribution is 4.74. The summed E-state index contributed by atoms with van der Waals surface area (Å²) in [6, 6.07) is 1.84. The second kappa shape index (κ2) is 5.54. The number of hydrogen-bond acceptors (Lipinski definition) is 3. The van der Waals surface area contributed by atoms with Gasteiger partial charge in [0, 0.05) is 6.61 Å². The average molecular weight is 129 g/mol. The molecule has 0 saturated heterocycles. The predicted octanol–water partition coefficient (Wildman–Crippen LogP) is 0.0335. The zero-order chi connectivity index (χ0) is 7.11. The summed E-state index contributed by atoms with van der Waals surface area (Å²) in [5.74, 6) is 0. The Kier molecular flexibility index (Phi) is 5.18. The summed E-state index contributed by atoms with van der Waals surface area (Å²) in [6.45, 7) is 0.0858. The van der Waals surface area contributed by atoms with Gasteiger partial charge in [-0.05, 0) is 12.8 Å². The fourth-order valence-corrected chi connectivity index (χ4v) is 0.534. The smallest absolute Gasteiger partial charge is 0.0670 e. The van der Waals surface area contributed by atoms with Gasteiger partial charge in [-0.15, -0.1) is 0 Å². The number of aliphatic hydroxyl groups is 2. The highest BCUT2D eigenvalue weighted by Crippen LogP contribution is 1.98. The molecule has 3 heteroatoms. The quantitative estimate of drug-likeness (QED) is 0.563. The van der Waals surface area contributed by atoms with Gasteiger partial charge < -0.3 is 10.2 Å². The minimum absolute atomic E-state index is 0.0858. The van der Waals surface area contributed by atoms with Crippen molar-refractivity contribution < 1.29 is 10.2 Å². The number of hydrogen-bond donors (Lipinski definition) is 2. The van der Waals surface area contributed by atoms with Crippen LogP contribution in [0.3, 0.4) is 0 Å². The molecule has 0 rings (SSSR count). The number of nitriles is 1. The monoisotopic (exact) mass is 129 g/mol. The van der Waals surface area contributed by atoms with Crippen LogP contribution >= 0.6 is 0 Å². The van der Waals surface area contributed by atoms with Gasteiger partial charge in [-0.1, -0.05) is 0 Å². The Hall–Kier alpha value is -0.590. The summed E-state index contributed by atoms with van der Waals surface area (Å²) in [5, 5.41) is 25.2. The zero-order valence-corrected chi connectivity index (χ0v) is 5.25. The zero-order valence-electron chi connectivity index (χ0n) is 5.25. The van der Waals surface area contributed by atoms with Crippen LogP contribution in [-0.2, 0) is 0 Å². The molecule has 0 aromatic rings. The molecule has 0 heterocycles. The van der Waals surface area contributed by atoms with Crippen molar-refractivity contribution in [1.82, 2.24) is 0 Å². The fourth-order valence-electron chi connectivity index (χ4n) is 0.534. The van der Waals surface area contributed by atoms with Crippen LogP contribution in [0, 0.1) is 11.3 Å². The maximum absolute atomic E-state index is 8.85. The minimum Gasteiger partial charge on any atom is -0.396 e. The molecule has 1 atom stereocenters. The van der Waals surface area contributed by atoms with E-state index in [2.05, 4.69) is 0 Å². The first-order valence-corrected chi connectivity index (χ1v) is 2.97. The molecule has 0 aromatic carbocycles. The lowest BCUT2D eigenvalue weighted by Gasteiger charge is -2.01. The first-order valence-electron chi connectivity index (χ1n) is 2.97. The van der Waals surface area contributed by atoms with Gasteiger partial charge in [-0.3, -0.25) is 0 Å². The number of aliphatic hydroxyl groups excluding tert-OH is 2. The lowest BCUT2D eigenvalue weighted by atomic mass is 10.1. The lowest BCUT2D eigenvalue weighted by Crippen LogP contribution is -2.05. The second-order valence-electron chi connectivity index (χ2n) is 1.88. The van der Waals surface area contributed by atoms with Crippen molar-refractivity contribution in [3.8, 4) is 6.07 Å². The van der Waals surface area contributed by atoms with E-state index in [0.29, 0.717) is 12.8 Å². The molecule has 0 spiro atoms. The molecule has 3 nitrogen and oxygen atoms in total. The van der Waals surface area contributed by atoms with E-state index in [9.17, 15) is 0 Å². The molecular formula is C6H11NO2. The molecule has 0 bridgehead atoms. The molecule has 0 aliphatic heterocycles. The van der Waals surface area contributed by atoms with E-state index in [0.717, 1.165) is 0 Å². The van der Waals surface area contributed by atoms with Crippen molar-refractivity contribution in [2.24, 2.45) is 0 Å². The van der Waals surface area contributed by atoms with E-state index < -0.39 is 6.10 Å². The molecule has 1 unspecified atom stereocenters. The lowest BCUT2D eigenvalue weighted by molar-refractivity contribution is 0.154. The third-order valence-corrected chi connectivity index (χ3v) is 1.02. The predicted molar refractivity (Wildman–Crippen MR) is 32.6 cm³/mol. The van der Waals surface area contributed by atoms with Gasteiger partial charge in [0.1, 0.15) is 0 Å². The number of rotatable bonds is 4. The Morgan fingerprint density at radius 2 is 2.22 bits per heavy atom. The van der Waals surface area contributed by atoms with Gasteiger partial charge >= 0.3 is 0 Å². The van der Waals surface area contributed by atoms with Crippen molar-refractivity contribution in [2.45, 2.75) is 25.4 Å². The molecule has 9 heavy (non-hydrogen) atoms. The molecule has 0 saturated carbocycles. The van der Waals surface area contributed by atoms with Crippen LogP contribution in [0.5, 0.6) is 0 Å². The average Bonchev–Trinajstić information content (AvgIpc) is 1.85. The third kappa shape index (κ3) is 5.28. The Balaban J connectivity index is 3.08. The summed E-state index contributed by atoms with van der Waals surface area (Å²) >= 11 is 0. The van der Waals surface area contributed by atoms with Gasteiger partial charge in [0.2, 0.25) is 0 Å². The molecule has 0 aromatic heterocycles. The Morgan fingerprint density at radius 1 is 1.56 bits per heavy atom. The van der Waals surface area contributed by atoms with E-state index in [1.54, 1.807) is 0 Å². The highest BCUT2D eigenvalue weighted by atomic mass is 16.3. The normalized spacial score (nSPS) is 12.6. The van der Waals surface area contributed by atoms with Crippen molar-refractivity contribution in [3.63, 3.8) is 0 Å². The second-order valence-corrected chi connectivity index (χ2v) is 1.88. The van der Waals surface area contributed by atoms with Crippen LogP contribution in [0.2, 0.25) is 0 Å².